The maximum atomic E-state index is 4.41. The van der Waals surface area contributed by atoms with E-state index in [1.165, 1.54) is 53.4 Å². The quantitative estimate of drug-likeness (QED) is 0.440. The fourth-order valence-electron chi connectivity index (χ4n) is 5.62. The lowest BCUT2D eigenvalue weighted by Crippen LogP contribution is -2.44. The summed E-state index contributed by atoms with van der Waals surface area (Å²) in [5, 5.41) is 5.78. The van der Waals surface area contributed by atoms with Gasteiger partial charge in [-0.15, -0.1) is 0 Å². The van der Waals surface area contributed by atoms with Gasteiger partial charge in [-0.3, -0.25) is 9.58 Å². The Labute approximate surface area is 184 Å². The Balaban J connectivity index is 1.43. The molecule has 0 radical (unpaired) electrons. The van der Waals surface area contributed by atoms with Crippen LogP contribution in [0.5, 0.6) is 0 Å². The van der Waals surface area contributed by atoms with Gasteiger partial charge in [-0.25, -0.2) is 0 Å². The van der Waals surface area contributed by atoms with Crippen molar-refractivity contribution in [3.8, 4) is 0 Å². The summed E-state index contributed by atoms with van der Waals surface area (Å²) >= 11 is 0. The largest absolute Gasteiger partial charge is 0.358 e. The summed E-state index contributed by atoms with van der Waals surface area (Å²) in [6.45, 7) is 0.917. The Morgan fingerprint density at radius 1 is 1.00 bits per heavy atom. The molecule has 1 saturated carbocycles. The van der Waals surface area contributed by atoms with E-state index in [-0.39, 0.29) is 5.54 Å². The van der Waals surface area contributed by atoms with E-state index >= 15 is 0 Å². The number of hydrogen-bond acceptors (Lipinski definition) is 2. The smallest absolute Gasteiger partial charge is 0.0489 e. The molecule has 0 saturated heterocycles. The number of rotatable bonds is 6. The highest BCUT2D eigenvalue weighted by Crippen LogP contribution is 2.47. The van der Waals surface area contributed by atoms with Crippen LogP contribution in [-0.4, -0.2) is 33.8 Å². The van der Waals surface area contributed by atoms with Crippen LogP contribution in [0.4, 0.5) is 0 Å². The van der Waals surface area contributed by atoms with Gasteiger partial charge in [0.05, 0.1) is 0 Å². The number of aryl methyl sites for hydroxylation is 2. The minimum Gasteiger partial charge on any atom is -0.358 e. The predicted octanol–water partition coefficient (Wildman–Crippen LogP) is 5.72. The molecule has 5 rings (SSSR count). The second-order valence-corrected chi connectivity index (χ2v) is 9.15. The molecule has 1 aliphatic carbocycles. The molecule has 4 heteroatoms. The zero-order valence-electron chi connectivity index (χ0n) is 18.6. The van der Waals surface area contributed by atoms with Crippen LogP contribution in [0, 0.1) is 0 Å². The maximum Gasteiger partial charge on any atom is 0.0489 e. The summed E-state index contributed by atoms with van der Waals surface area (Å²) in [7, 11) is 4.48. The molecule has 2 aromatic carbocycles. The van der Waals surface area contributed by atoms with E-state index < -0.39 is 0 Å². The number of H-pyrrole nitrogens is 1. The summed E-state index contributed by atoms with van der Waals surface area (Å²) in [4.78, 5) is 6.26. The molecular formula is C27H32N4. The summed E-state index contributed by atoms with van der Waals surface area (Å²) in [6.07, 6.45) is 9.70. The lowest BCUT2D eigenvalue weighted by Gasteiger charge is -2.45. The van der Waals surface area contributed by atoms with Gasteiger partial charge in [0, 0.05) is 41.1 Å². The van der Waals surface area contributed by atoms with Crippen molar-refractivity contribution in [1.29, 1.82) is 0 Å². The molecule has 0 amide bonds. The molecule has 4 aromatic rings. The average Bonchev–Trinajstić information content (AvgIpc) is 3.46. The van der Waals surface area contributed by atoms with E-state index in [2.05, 4.69) is 89.9 Å². The fourth-order valence-corrected chi connectivity index (χ4v) is 5.62. The van der Waals surface area contributed by atoms with Gasteiger partial charge in [-0.05, 0) is 75.4 Å². The van der Waals surface area contributed by atoms with E-state index in [1.807, 2.05) is 16.9 Å². The van der Waals surface area contributed by atoms with Gasteiger partial charge < -0.3 is 4.98 Å². The third-order valence-corrected chi connectivity index (χ3v) is 7.38. The van der Waals surface area contributed by atoms with E-state index in [0.29, 0.717) is 5.92 Å². The van der Waals surface area contributed by atoms with Crippen LogP contribution >= 0.6 is 0 Å². The van der Waals surface area contributed by atoms with Crippen LogP contribution in [0.15, 0.2) is 73.1 Å². The average molecular weight is 413 g/mol. The first-order valence-corrected chi connectivity index (χ1v) is 11.5. The maximum absolute atomic E-state index is 4.41. The number of nitrogens with one attached hydrogen (secondary N) is 1. The molecule has 0 bridgehead atoms. The van der Waals surface area contributed by atoms with Crippen LogP contribution in [-0.2, 0) is 18.5 Å². The van der Waals surface area contributed by atoms with Crippen molar-refractivity contribution in [2.75, 3.05) is 14.1 Å². The number of benzene rings is 2. The first-order chi connectivity index (χ1) is 15.2. The number of fused-ring (bicyclic) bond motifs is 1. The normalized spacial score (nSPS) is 21.7. The van der Waals surface area contributed by atoms with Crippen LogP contribution in [0.2, 0.25) is 0 Å². The lowest BCUT2D eigenvalue weighted by atomic mass is 9.70. The van der Waals surface area contributed by atoms with Gasteiger partial charge in [0.25, 0.3) is 0 Å². The molecule has 1 fully saturated rings. The highest BCUT2D eigenvalue weighted by Gasteiger charge is 2.39. The van der Waals surface area contributed by atoms with Crippen molar-refractivity contribution < 1.29 is 0 Å². The third-order valence-electron chi connectivity index (χ3n) is 7.38. The van der Waals surface area contributed by atoms with Crippen LogP contribution in [0.1, 0.15) is 48.4 Å². The van der Waals surface area contributed by atoms with Crippen molar-refractivity contribution in [1.82, 2.24) is 19.7 Å². The minimum absolute atomic E-state index is 0.138. The fraction of sp³-hybridized carbons (Fsp3) is 0.370. The molecule has 2 aromatic heterocycles. The molecule has 4 nitrogen and oxygen atoms in total. The number of nitrogens with zero attached hydrogens (tertiary/aromatic N) is 3. The van der Waals surface area contributed by atoms with Gasteiger partial charge in [0.1, 0.15) is 0 Å². The van der Waals surface area contributed by atoms with E-state index in [1.54, 1.807) is 0 Å². The zero-order valence-corrected chi connectivity index (χ0v) is 18.6. The van der Waals surface area contributed by atoms with Gasteiger partial charge >= 0.3 is 0 Å². The number of aromatic nitrogens is 3. The second-order valence-electron chi connectivity index (χ2n) is 9.15. The molecule has 0 unspecified atom stereocenters. The molecule has 1 N–H and O–H groups in total. The minimum atomic E-state index is 0.138. The number of hydrogen-bond donors (Lipinski definition) is 1. The summed E-state index contributed by atoms with van der Waals surface area (Å²) in [5.74, 6) is 0.580. The Bertz CT molecular complexity index is 1120. The number of aromatic amines is 1. The Morgan fingerprint density at radius 3 is 2.45 bits per heavy atom. The molecule has 0 atom stereocenters. The molecule has 0 spiro atoms. The summed E-state index contributed by atoms with van der Waals surface area (Å²) < 4.78 is 2.04. The van der Waals surface area contributed by atoms with Gasteiger partial charge in [0.15, 0.2) is 0 Å². The number of para-hydroxylation sites is 1. The van der Waals surface area contributed by atoms with Gasteiger partial charge in [-0.2, -0.15) is 5.10 Å². The predicted molar refractivity (Wildman–Crippen MR) is 127 cm³/mol. The Hall–Kier alpha value is -2.85. The van der Waals surface area contributed by atoms with Crippen molar-refractivity contribution >= 4 is 10.9 Å². The van der Waals surface area contributed by atoms with Crippen molar-refractivity contribution in [2.45, 2.75) is 50.1 Å². The topological polar surface area (TPSA) is 36.9 Å². The van der Waals surface area contributed by atoms with Crippen LogP contribution < -0.4 is 0 Å². The van der Waals surface area contributed by atoms with Crippen molar-refractivity contribution in [3.05, 3.63) is 89.9 Å². The summed E-state index contributed by atoms with van der Waals surface area (Å²) in [6, 6.07) is 21.9. The highest BCUT2D eigenvalue weighted by atomic mass is 15.3. The van der Waals surface area contributed by atoms with Crippen LogP contribution in [0.3, 0.4) is 0 Å². The van der Waals surface area contributed by atoms with Gasteiger partial charge in [-0.1, -0.05) is 48.5 Å². The molecule has 1 aliphatic rings. The molecule has 0 aliphatic heterocycles. The SMILES string of the molecule is CN(C)C1(c2ccccc2)CCC(c2[nH]c3ccccc3c2CCn2cccn2)CC1. The highest BCUT2D eigenvalue weighted by molar-refractivity contribution is 5.84. The Morgan fingerprint density at radius 2 is 1.74 bits per heavy atom. The standard InChI is InChI=1S/C27H32N4/c1-30(2)27(22-9-4-3-5-10-22)16-13-21(14-17-27)26-24(15-20-31-19-8-18-28-31)23-11-6-7-12-25(23)29-26/h3-12,18-19,21,29H,13-17,20H2,1-2H3. The monoisotopic (exact) mass is 412 g/mol. The molecule has 31 heavy (non-hydrogen) atoms. The first-order valence-electron chi connectivity index (χ1n) is 11.5. The molecule has 160 valence electrons. The Kier molecular flexibility index (Phi) is 5.41. The second kappa shape index (κ2) is 8.35. The summed E-state index contributed by atoms with van der Waals surface area (Å²) in [5.41, 5.74) is 5.79. The first kappa shape index (κ1) is 20.1. The zero-order chi connectivity index (χ0) is 21.3. The van der Waals surface area contributed by atoms with E-state index in [9.17, 15) is 0 Å². The van der Waals surface area contributed by atoms with Crippen molar-refractivity contribution in [3.63, 3.8) is 0 Å². The van der Waals surface area contributed by atoms with E-state index in [0.717, 1.165) is 13.0 Å². The van der Waals surface area contributed by atoms with Crippen molar-refractivity contribution in [2.24, 2.45) is 0 Å². The van der Waals surface area contributed by atoms with Crippen LogP contribution in [0.25, 0.3) is 10.9 Å². The van der Waals surface area contributed by atoms with E-state index in [4.69, 9.17) is 0 Å². The third kappa shape index (κ3) is 3.70. The lowest BCUT2D eigenvalue weighted by molar-refractivity contribution is 0.0903. The molecule has 2 heterocycles. The molecular weight excluding hydrogens is 380 g/mol. The van der Waals surface area contributed by atoms with Gasteiger partial charge in [0.2, 0.25) is 0 Å².